The van der Waals surface area contributed by atoms with Gasteiger partial charge in [0.15, 0.2) is 0 Å². The van der Waals surface area contributed by atoms with Crippen LogP contribution in [-0.4, -0.2) is 38.8 Å². The third-order valence-electron chi connectivity index (χ3n) is 3.36. The highest BCUT2D eigenvalue weighted by molar-refractivity contribution is 6.32. The molecule has 1 fully saturated rings. The van der Waals surface area contributed by atoms with Crippen LogP contribution in [-0.2, 0) is 9.53 Å². The van der Waals surface area contributed by atoms with E-state index in [0.29, 0.717) is 35.5 Å². The minimum Gasteiger partial charge on any atom is -0.495 e. The van der Waals surface area contributed by atoms with E-state index in [-0.39, 0.29) is 5.91 Å². The Morgan fingerprint density at radius 3 is 3.05 bits per heavy atom. The van der Waals surface area contributed by atoms with E-state index in [2.05, 4.69) is 10.6 Å². The fourth-order valence-corrected chi connectivity index (χ4v) is 2.50. The van der Waals surface area contributed by atoms with Crippen LogP contribution in [0, 0.1) is 0 Å². The highest BCUT2D eigenvalue weighted by Gasteiger charge is 2.14. The molecule has 0 spiro atoms. The maximum absolute atomic E-state index is 11.8. The number of carbonyl (C=O) groups excluding carboxylic acids is 1. The van der Waals surface area contributed by atoms with Gasteiger partial charge in [-0.1, -0.05) is 11.6 Å². The van der Waals surface area contributed by atoms with Gasteiger partial charge in [-0.05, 0) is 31.0 Å². The second-order valence-electron chi connectivity index (χ2n) is 4.99. The van der Waals surface area contributed by atoms with Crippen LogP contribution in [0.2, 0.25) is 5.02 Å². The Kier molecular flexibility index (Phi) is 6.29. The molecule has 116 valence electrons. The SMILES string of the molecule is COc1ccc(NC(=O)CCNCC2CCCO2)cc1Cl. The largest absolute Gasteiger partial charge is 0.495 e. The first-order valence-corrected chi connectivity index (χ1v) is 7.52. The molecule has 6 heteroatoms. The molecule has 2 rings (SSSR count). The topological polar surface area (TPSA) is 59.6 Å². The molecule has 1 aliphatic rings. The van der Waals surface area contributed by atoms with E-state index in [1.54, 1.807) is 25.3 Å². The second-order valence-corrected chi connectivity index (χ2v) is 5.39. The number of ether oxygens (including phenoxy) is 2. The van der Waals surface area contributed by atoms with Gasteiger partial charge in [-0.2, -0.15) is 0 Å². The van der Waals surface area contributed by atoms with Crippen molar-refractivity contribution < 1.29 is 14.3 Å². The maximum atomic E-state index is 11.8. The summed E-state index contributed by atoms with van der Waals surface area (Å²) in [6.07, 6.45) is 2.94. The van der Waals surface area contributed by atoms with Gasteiger partial charge in [0.1, 0.15) is 5.75 Å². The van der Waals surface area contributed by atoms with E-state index in [4.69, 9.17) is 21.1 Å². The van der Waals surface area contributed by atoms with Crippen molar-refractivity contribution in [2.24, 2.45) is 0 Å². The molecule has 2 N–H and O–H groups in total. The molecule has 21 heavy (non-hydrogen) atoms. The minimum atomic E-state index is -0.0453. The predicted molar refractivity (Wildman–Crippen MR) is 83.1 cm³/mol. The summed E-state index contributed by atoms with van der Waals surface area (Å²) in [5.74, 6) is 0.545. The molecule has 1 aliphatic heterocycles. The lowest BCUT2D eigenvalue weighted by atomic mass is 10.2. The summed E-state index contributed by atoms with van der Waals surface area (Å²) in [6, 6.07) is 5.17. The van der Waals surface area contributed by atoms with Gasteiger partial charge in [-0.15, -0.1) is 0 Å². The molecule has 1 aromatic rings. The first-order chi connectivity index (χ1) is 10.2. The Balaban J connectivity index is 1.67. The van der Waals surface area contributed by atoms with E-state index in [9.17, 15) is 4.79 Å². The fourth-order valence-electron chi connectivity index (χ4n) is 2.24. The van der Waals surface area contributed by atoms with Crippen LogP contribution in [0.15, 0.2) is 18.2 Å². The molecule has 1 amide bonds. The molecule has 0 saturated carbocycles. The van der Waals surface area contributed by atoms with Gasteiger partial charge < -0.3 is 20.1 Å². The molecule has 1 aromatic carbocycles. The maximum Gasteiger partial charge on any atom is 0.225 e. The molecule has 5 nitrogen and oxygen atoms in total. The smallest absolute Gasteiger partial charge is 0.225 e. The van der Waals surface area contributed by atoms with E-state index in [1.165, 1.54) is 0 Å². The molecule has 1 unspecified atom stereocenters. The molecular formula is C15H21ClN2O3. The Bertz CT molecular complexity index is 476. The zero-order chi connectivity index (χ0) is 15.1. The highest BCUT2D eigenvalue weighted by Crippen LogP contribution is 2.27. The summed E-state index contributed by atoms with van der Waals surface area (Å²) < 4.78 is 10.6. The average Bonchev–Trinajstić information content (AvgIpc) is 2.97. The van der Waals surface area contributed by atoms with Crippen molar-refractivity contribution in [1.29, 1.82) is 0 Å². The summed E-state index contributed by atoms with van der Waals surface area (Å²) in [7, 11) is 1.55. The van der Waals surface area contributed by atoms with Crippen molar-refractivity contribution in [3.05, 3.63) is 23.2 Å². The normalized spacial score (nSPS) is 17.7. The fraction of sp³-hybridized carbons (Fsp3) is 0.533. The molecule has 0 bridgehead atoms. The third kappa shape index (κ3) is 5.19. The third-order valence-corrected chi connectivity index (χ3v) is 3.66. The Labute approximate surface area is 130 Å². The van der Waals surface area contributed by atoms with Crippen LogP contribution < -0.4 is 15.4 Å². The van der Waals surface area contributed by atoms with E-state index < -0.39 is 0 Å². The Morgan fingerprint density at radius 1 is 1.52 bits per heavy atom. The Morgan fingerprint density at radius 2 is 2.38 bits per heavy atom. The number of amides is 1. The zero-order valence-electron chi connectivity index (χ0n) is 12.2. The van der Waals surface area contributed by atoms with Gasteiger partial charge in [0, 0.05) is 31.8 Å². The van der Waals surface area contributed by atoms with Crippen molar-refractivity contribution in [2.45, 2.75) is 25.4 Å². The van der Waals surface area contributed by atoms with Crippen molar-refractivity contribution in [1.82, 2.24) is 5.32 Å². The lowest BCUT2D eigenvalue weighted by Gasteiger charge is -2.11. The van der Waals surface area contributed by atoms with Crippen LogP contribution in [0.3, 0.4) is 0 Å². The molecule has 0 radical (unpaired) electrons. The average molecular weight is 313 g/mol. The first kappa shape index (κ1) is 16.1. The van der Waals surface area contributed by atoms with Gasteiger partial charge in [0.05, 0.1) is 18.2 Å². The molecule has 0 aliphatic carbocycles. The Hall–Kier alpha value is -1.30. The number of methoxy groups -OCH3 is 1. The van der Waals surface area contributed by atoms with Crippen LogP contribution in [0.5, 0.6) is 5.75 Å². The van der Waals surface area contributed by atoms with Crippen molar-refractivity contribution in [2.75, 3.05) is 32.1 Å². The lowest BCUT2D eigenvalue weighted by molar-refractivity contribution is -0.116. The molecule has 0 aromatic heterocycles. The molecular weight excluding hydrogens is 292 g/mol. The van der Waals surface area contributed by atoms with E-state index in [1.807, 2.05) is 0 Å². The second kappa shape index (κ2) is 8.22. The summed E-state index contributed by atoms with van der Waals surface area (Å²) in [4.78, 5) is 11.8. The number of carbonyl (C=O) groups is 1. The van der Waals surface area contributed by atoms with Gasteiger partial charge in [-0.25, -0.2) is 0 Å². The van der Waals surface area contributed by atoms with Gasteiger partial charge in [-0.3, -0.25) is 4.79 Å². The minimum absolute atomic E-state index is 0.0453. The van der Waals surface area contributed by atoms with Crippen molar-refractivity contribution in [3.63, 3.8) is 0 Å². The number of nitrogens with one attached hydrogen (secondary N) is 2. The molecule has 1 saturated heterocycles. The van der Waals surface area contributed by atoms with E-state index in [0.717, 1.165) is 26.0 Å². The highest BCUT2D eigenvalue weighted by atomic mass is 35.5. The summed E-state index contributed by atoms with van der Waals surface area (Å²) in [6.45, 7) is 2.29. The summed E-state index contributed by atoms with van der Waals surface area (Å²) in [5.41, 5.74) is 0.671. The van der Waals surface area contributed by atoms with Gasteiger partial charge >= 0.3 is 0 Å². The van der Waals surface area contributed by atoms with Crippen LogP contribution in [0.4, 0.5) is 5.69 Å². The van der Waals surface area contributed by atoms with Gasteiger partial charge in [0.2, 0.25) is 5.91 Å². The monoisotopic (exact) mass is 312 g/mol. The summed E-state index contributed by atoms with van der Waals surface area (Å²) >= 11 is 6.01. The van der Waals surface area contributed by atoms with E-state index >= 15 is 0 Å². The number of anilines is 1. The van der Waals surface area contributed by atoms with Crippen molar-refractivity contribution >= 4 is 23.2 Å². The quantitative estimate of drug-likeness (QED) is 0.759. The number of rotatable bonds is 7. The number of hydrogen-bond donors (Lipinski definition) is 2. The van der Waals surface area contributed by atoms with Crippen LogP contribution in [0.1, 0.15) is 19.3 Å². The standard InChI is InChI=1S/C15H21ClN2O3/c1-20-14-5-4-11(9-13(14)16)18-15(19)6-7-17-10-12-3-2-8-21-12/h4-5,9,12,17H,2-3,6-8,10H2,1H3,(H,18,19). The number of halogens is 1. The van der Waals surface area contributed by atoms with Crippen LogP contribution >= 0.6 is 11.6 Å². The molecule has 1 heterocycles. The summed E-state index contributed by atoms with van der Waals surface area (Å²) in [5, 5.41) is 6.53. The van der Waals surface area contributed by atoms with Crippen LogP contribution in [0.25, 0.3) is 0 Å². The predicted octanol–water partition coefficient (Wildman–Crippen LogP) is 2.45. The van der Waals surface area contributed by atoms with Gasteiger partial charge in [0.25, 0.3) is 0 Å². The van der Waals surface area contributed by atoms with Crippen molar-refractivity contribution in [3.8, 4) is 5.75 Å². The number of benzene rings is 1. The lowest BCUT2D eigenvalue weighted by Crippen LogP contribution is -2.29. The first-order valence-electron chi connectivity index (χ1n) is 7.15. The molecule has 1 atom stereocenters. The zero-order valence-corrected chi connectivity index (χ0v) is 12.9. The number of hydrogen-bond acceptors (Lipinski definition) is 4.